The van der Waals surface area contributed by atoms with Crippen LogP contribution in [-0.4, -0.2) is 47.2 Å². The average Bonchev–Trinajstić information content (AvgIpc) is 3.09. The molecular weight excluding hydrogens is 264 g/mol. The van der Waals surface area contributed by atoms with E-state index in [0.29, 0.717) is 12.2 Å². The standard InChI is InChI=1S/C16H20N4O/c1-2-13-6-5-11-20(12-13)16(21)14-7-8-15(18-17-14)19-9-3-4-10-19/h1,7-8,13H,3-6,9-12H2/t13-/m0/s1. The van der Waals surface area contributed by atoms with Crippen molar-refractivity contribution in [1.29, 1.82) is 0 Å². The molecule has 2 fully saturated rings. The van der Waals surface area contributed by atoms with E-state index in [1.54, 1.807) is 11.0 Å². The molecule has 0 saturated carbocycles. The minimum atomic E-state index is -0.0598. The van der Waals surface area contributed by atoms with Crippen LogP contribution in [0.15, 0.2) is 12.1 Å². The molecule has 5 heteroatoms. The van der Waals surface area contributed by atoms with Gasteiger partial charge in [0, 0.05) is 32.1 Å². The lowest BCUT2D eigenvalue weighted by atomic mass is 9.99. The number of aromatic nitrogens is 2. The molecule has 3 rings (SSSR count). The summed E-state index contributed by atoms with van der Waals surface area (Å²) in [7, 11) is 0. The van der Waals surface area contributed by atoms with Crippen LogP contribution in [0.2, 0.25) is 0 Å². The highest BCUT2D eigenvalue weighted by Crippen LogP contribution is 2.19. The lowest BCUT2D eigenvalue weighted by molar-refractivity contribution is 0.0692. The maximum absolute atomic E-state index is 12.4. The molecule has 3 heterocycles. The average molecular weight is 284 g/mol. The Balaban J connectivity index is 1.68. The zero-order valence-electron chi connectivity index (χ0n) is 12.2. The van der Waals surface area contributed by atoms with Gasteiger partial charge in [0.15, 0.2) is 11.5 Å². The predicted octanol–water partition coefficient (Wildman–Crippen LogP) is 1.56. The quantitative estimate of drug-likeness (QED) is 0.773. The van der Waals surface area contributed by atoms with Gasteiger partial charge in [-0.25, -0.2) is 0 Å². The Kier molecular flexibility index (Phi) is 4.05. The number of hydrogen-bond acceptors (Lipinski definition) is 4. The van der Waals surface area contributed by atoms with Gasteiger partial charge in [-0.3, -0.25) is 4.79 Å². The topological polar surface area (TPSA) is 49.3 Å². The molecule has 1 atom stereocenters. The van der Waals surface area contributed by atoms with Gasteiger partial charge in [0.25, 0.3) is 5.91 Å². The summed E-state index contributed by atoms with van der Waals surface area (Å²) in [5.74, 6) is 3.72. The second-order valence-corrected chi connectivity index (χ2v) is 5.73. The molecular formula is C16H20N4O. The number of carbonyl (C=O) groups excluding carboxylic acids is 1. The first-order valence-corrected chi connectivity index (χ1v) is 7.62. The summed E-state index contributed by atoms with van der Waals surface area (Å²) >= 11 is 0. The maximum Gasteiger partial charge on any atom is 0.274 e. The van der Waals surface area contributed by atoms with Crippen LogP contribution in [0, 0.1) is 18.3 Å². The van der Waals surface area contributed by atoms with Gasteiger partial charge in [0.1, 0.15) is 0 Å². The zero-order chi connectivity index (χ0) is 14.7. The lowest BCUT2D eigenvalue weighted by Crippen LogP contribution is -2.40. The van der Waals surface area contributed by atoms with E-state index < -0.39 is 0 Å². The van der Waals surface area contributed by atoms with Crippen LogP contribution in [0.25, 0.3) is 0 Å². The summed E-state index contributed by atoms with van der Waals surface area (Å²) in [4.78, 5) is 16.4. The Morgan fingerprint density at radius 2 is 2.00 bits per heavy atom. The summed E-state index contributed by atoms with van der Waals surface area (Å²) in [6.45, 7) is 3.44. The summed E-state index contributed by atoms with van der Waals surface area (Å²) in [6.07, 6.45) is 9.83. The molecule has 2 aliphatic heterocycles. The molecule has 0 unspecified atom stereocenters. The second kappa shape index (κ2) is 6.13. The van der Waals surface area contributed by atoms with Gasteiger partial charge in [0.2, 0.25) is 0 Å². The van der Waals surface area contributed by atoms with Crippen LogP contribution in [0.5, 0.6) is 0 Å². The molecule has 1 aromatic rings. The highest BCUT2D eigenvalue weighted by molar-refractivity contribution is 5.92. The Morgan fingerprint density at radius 1 is 1.19 bits per heavy atom. The Bertz CT molecular complexity index is 542. The van der Waals surface area contributed by atoms with Crippen LogP contribution in [0.4, 0.5) is 5.82 Å². The molecule has 2 aliphatic rings. The number of amides is 1. The summed E-state index contributed by atoms with van der Waals surface area (Å²) in [5, 5.41) is 8.32. The van der Waals surface area contributed by atoms with E-state index in [4.69, 9.17) is 6.42 Å². The van der Waals surface area contributed by atoms with E-state index in [1.165, 1.54) is 12.8 Å². The van der Waals surface area contributed by atoms with Gasteiger partial charge in [-0.15, -0.1) is 22.5 Å². The number of likely N-dealkylation sites (tertiary alicyclic amines) is 1. The fraction of sp³-hybridized carbons (Fsp3) is 0.562. The van der Waals surface area contributed by atoms with E-state index in [9.17, 15) is 4.79 Å². The first-order valence-electron chi connectivity index (χ1n) is 7.62. The summed E-state index contributed by atoms with van der Waals surface area (Å²) in [6, 6.07) is 3.68. The molecule has 0 aromatic carbocycles. The normalized spacial score (nSPS) is 22.1. The number of carbonyl (C=O) groups is 1. The molecule has 5 nitrogen and oxygen atoms in total. The first-order chi connectivity index (χ1) is 10.3. The largest absolute Gasteiger partial charge is 0.355 e. The molecule has 2 saturated heterocycles. The fourth-order valence-electron chi connectivity index (χ4n) is 3.01. The molecule has 0 N–H and O–H groups in total. The number of piperidine rings is 1. The molecule has 1 aromatic heterocycles. The van der Waals surface area contributed by atoms with E-state index >= 15 is 0 Å². The van der Waals surface area contributed by atoms with Gasteiger partial charge < -0.3 is 9.80 Å². The summed E-state index contributed by atoms with van der Waals surface area (Å²) in [5.41, 5.74) is 0.413. The maximum atomic E-state index is 12.4. The fourth-order valence-corrected chi connectivity index (χ4v) is 3.01. The highest BCUT2D eigenvalue weighted by Gasteiger charge is 2.24. The van der Waals surface area contributed by atoms with E-state index in [2.05, 4.69) is 21.0 Å². The third kappa shape index (κ3) is 2.99. The Hall–Kier alpha value is -2.09. The summed E-state index contributed by atoms with van der Waals surface area (Å²) < 4.78 is 0. The van der Waals surface area contributed by atoms with Crippen molar-refractivity contribution in [3.05, 3.63) is 17.8 Å². The van der Waals surface area contributed by atoms with Gasteiger partial charge in [-0.1, -0.05) is 0 Å². The molecule has 0 bridgehead atoms. The third-order valence-corrected chi connectivity index (χ3v) is 4.24. The number of nitrogens with zero attached hydrogens (tertiary/aromatic N) is 4. The van der Waals surface area contributed by atoms with E-state index in [-0.39, 0.29) is 11.8 Å². The number of anilines is 1. The Morgan fingerprint density at radius 3 is 2.67 bits per heavy atom. The number of rotatable bonds is 2. The first kappa shape index (κ1) is 13.9. The monoisotopic (exact) mass is 284 g/mol. The van der Waals surface area contributed by atoms with E-state index in [0.717, 1.165) is 38.3 Å². The van der Waals surface area contributed by atoms with Crippen molar-refractivity contribution in [3.8, 4) is 12.3 Å². The van der Waals surface area contributed by atoms with Crippen molar-refractivity contribution >= 4 is 11.7 Å². The van der Waals surface area contributed by atoms with Crippen molar-refractivity contribution in [2.45, 2.75) is 25.7 Å². The van der Waals surface area contributed by atoms with Crippen molar-refractivity contribution in [3.63, 3.8) is 0 Å². The molecule has 110 valence electrons. The van der Waals surface area contributed by atoms with Crippen molar-refractivity contribution in [2.24, 2.45) is 5.92 Å². The zero-order valence-corrected chi connectivity index (χ0v) is 12.2. The van der Waals surface area contributed by atoms with Crippen LogP contribution in [0.3, 0.4) is 0 Å². The molecule has 21 heavy (non-hydrogen) atoms. The smallest absolute Gasteiger partial charge is 0.274 e. The van der Waals surface area contributed by atoms with Crippen LogP contribution in [0.1, 0.15) is 36.2 Å². The van der Waals surface area contributed by atoms with Gasteiger partial charge in [0.05, 0.1) is 0 Å². The van der Waals surface area contributed by atoms with Crippen LogP contribution in [-0.2, 0) is 0 Å². The van der Waals surface area contributed by atoms with E-state index in [1.807, 2.05) is 6.07 Å². The van der Waals surface area contributed by atoms with Gasteiger partial charge in [-0.2, -0.15) is 0 Å². The predicted molar refractivity (Wildman–Crippen MR) is 80.9 cm³/mol. The molecule has 0 radical (unpaired) electrons. The van der Waals surface area contributed by atoms with Crippen molar-refractivity contribution in [2.75, 3.05) is 31.1 Å². The number of terminal acetylenes is 1. The number of hydrogen-bond donors (Lipinski definition) is 0. The Labute approximate surface area is 125 Å². The third-order valence-electron chi connectivity index (χ3n) is 4.24. The molecule has 1 amide bonds. The SMILES string of the molecule is C#C[C@H]1CCCN(C(=O)c2ccc(N3CCCC3)nn2)C1. The lowest BCUT2D eigenvalue weighted by Gasteiger charge is -2.30. The van der Waals surface area contributed by atoms with Gasteiger partial charge in [-0.05, 0) is 37.8 Å². The van der Waals surface area contributed by atoms with Crippen molar-refractivity contribution in [1.82, 2.24) is 15.1 Å². The van der Waals surface area contributed by atoms with Gasteiger partial charge >= 0.3 is 0 Å². The van der Waals surface area contributed by atoms with Crippen molar-refractivity contribution < 1.29 is 4.79 Å². The minimum absolute atomic E-state index is 0.0598. The minimum Gasteiger partial charge on any atom is -0.355 e. The molecule has 0 spiro atoms. The van der Waals surface area contributed by atoms with Crippen LogP contribution >= 0.6 is 0 Å². The van der Waals surface area contributed by atoms with Crippen LogP contribution < -0.4 is 4.90 Å². The second-order valence-electron chi connectivity index (χ2n) is 5.73. The molecule has 0 aliphatic carbocycles. The highest BCUT2D eigenvalue weighted by atomic mass is 16.2.